The standard InChI is InChI=1S/C27H37N3O3/c1-5-6-7-8-9-12-17-33-25(31)16-15-20-18-21(27(2,3)4)26(32)24(19-20)30-28-22-13-10-11-14-23(22)29-30/h10-11,13-14,18-19,32H,5-9,12,15-17H2,1-4H3. The highest BCUT2D eigenvalue weighted by molar-refractivity contribution is 5.74. The molecular weight excluding hydrogens is 414 g/mol. The number of ether oxygens (including phenoxy) is 1. The van der Waals surface area contributed by atoms with Crippen LogP contribution >= 0.6 is 0 Å². The molecule has 6 nitrogen and oxygen atoms in total. The number of carbonyl (C=O) groups excluding carboxylic acids is 1. The van der Waals surface area contributed by atoms with Gasteiger partial charge in [-0.15, -0.1) is 15.0 Å². The smallest absolute Gasteiger partial charge is 0.306 e. The van der Waals surface area contributed by atoms with Gasteiger partial charge in [-0.3, -0.25) is 4.79 Å². The van der Waals surface area contributed by atoms with Crippen LogP contribution in [-0.2, 0) is 21.4 Å². The topological polar surface area (TPSA) is 77.2 Å². The van der Waals surface area contributed by atoms with Crippen molar-refractivity contribution in [2.75, 3.05) is 6.61 Å². The molecule has 0 unspecified atom stereocenters. The molecule has 0 spiro atoms. The van der Waals surface area contributed by atoms with Gasteiger partial charge in [0.1, 0.15) is 22.5 Å². The second-order valence-corrected chi connectivity index (χ2v) is 9.73. The summed E-state index contributed by atoms with van der Waals surface area (Å²) in [5, 5.41) is 20.1. The highest BCUT2D eigenvalue weighted by Crippen LogP contribution is 2.36. The third-order valence-electron chi connectivity index (χ3n) is 5.84. The van der Waals surface area contributed by atoms with E-state index in [1.54, 1.807) is 0 Å². The summed E-state index contributed by atoms with van der Waals surface area (Å²) in [5.41, 5.74) is 3.52. The Morgan fingerprint density at radius 3 is 2.27 bits per heavy atom. The van der Waals surface area contributed by atoms with Gasteiger partial charge in [0.25, 0.3) is 0 Å². The van der Waals surface area contributed by atoms with Crippen LogP contribution < -0.4 is 0 Å². The van der Waals surface area contributed by atoms with Gasteiger partial charge < -0.3 is 9.84 Å². The first kappa shape index (κ1) is 24.7. The molecule has 0 bridgehead atoms. The van der Waals surface area contributed by atoms with Gasteiger partial charge >= 0.3 is 5.97 Å². The number of phenols is 1. The van der Waals surface area contributed by atoms with Crippen LogP contribution in [0.25, 0.3) is 16.7 Å². The van der Waals surface area contributed by atoms with Crippen LogP contribution in [0.3, 0.4) is 0 Å². The number of phenolic OH excluding ortho intramolecular Hbond substituents is 1. The lowest BCUT2D eigenvalue weighted by Gasteiger charge is -2.23. The zero-order chi connectivity index (χ0) is 23.8. The van der Waals surface area contributed by atoms with Crippen LogP contribution in [0.4, 0.5) is 0 Å². The van der Waals surface area contributed by atoms with E-state index in [4.69, 9.17) is 4.74 Å². The number of aryl methyl sites for hydroxylation is 1. The Morgan fingerprint density at radius 1 is 1.00 bits per heavy atom. The molecule has 3 rings (SSSR count). The average molecular weight is 452 g/mol. The molecule has 0 aliphatic rings. The molecule has 0 saturated heterocycles. The summed E-state index contributed by atoms with van der Waals surface area (Å²) >= 11 is 0. The van der Waals surface area contributed by atoms with E-state index < -0.39 is 0 Å². The van der Waals surface area contributed by atoms with E-state index in [1.807, 2.05) is 36.4 Å². The van der Waals surface area contributed by atoms with Crippen LogP contribution in [0.5, 0.6) is 5.75 Å². The first-order chi connectivity index (χ1) is 15.8. The average Bonchev–Trinajstić information content (AvgIpc) is 3.21. The van der Waals surface area contributed by atoms with Gasteiger partial charge in [-0.2, -0.15) is 0 Å². The largest absolute Gasteiger partial charge is 0.505 e. The fourth-order valence-electron chi connectivity index (χ4n) is 3.90. The van der Waals surface area contributed by atoms with Gasteiger partial charge in [-0.25, -0.2) is 0 Å². The third kappa shape index (κ3) is 6.80. The summed E-state index contributed by atoms with van der Waals surface area (Å²) < 4.78 is 5.43. The lowest BCUT2D eigenvalue weighted by Crippen LogP contribution is -2.14. The molecule has 3 aromatic rings. The summed E-state index contributed by atoms with van der Waals surface area (Å²) in [6, 6.07) is 11.5. The molecule has 0 aliphatic carbocycles. The van der Waals surface area contributed by atoms with Crippen LogP contribution in [0.1, 0.15) is 83.8 Å². The number of aromatic hydroxyl groups is 1. The van der Waals surface area contributed by atoms with E-state index in [9.17, 15) is 9.90 Å². The van der Waals surface area contributed by atoms with Crippen molar-refractivity contribution in [2.24, 2.45) is 0 Å². The fourth-order valence-corrected chi connectivity index (χ4v) is 3.90. The highest BCUT2D eigenvalue weighted by atomic mass is 16.5. The molecule has 6 heteroatoms. The van der Waals surface area contributed by atoms with Gasteiger partial charge in [-0.1, -0.05) is 78.0 Å². The number of aromatic nitrogens is 3. The molecule has 33 heavy (non-hydrogen) atoms. The maximum absolute atomic E-state index is 12.3. The predicted octanol–water partition coefficient (Wildman–Crippen LogP) is 6.26. The van der Waals surface area contributed by atoms with E-state index in [-0.39, 0.29) is 17.1 Å². The van der Waals surface area contributed by atoms with Crippen LogP contribution in [-0.4, -0.2) is 32.7 Å². The minimum Gasteiger partial charge on any atom is -0.505 e. The van der Waals surface area contributed by atoms with Crippen LogP contribution in [0.15, 0.2) is 36.4 Å². The number of carbonyl (C=O) groups is 1. The van der Waals surface area contributed by atoms with Gasteiger partial charge in [0.15, 0.2) is 0 Å². The van der Waals surface area contributed by atoms with Gasteiger partial charge in [0, 0.05) is 12.0 Å². The summed E-state index contributed by atoms with van der Waals surface area (Å²) in [6.07, 6.45) is 7.83. The lowest BCUT2D eigenvalue weighted by molar-refractivity contribution is -0.143. The summed E-state index contributed by atoms with van der Waals surface area (Å²) in [5.74, 6) is -0.0179. The van der Waals surface area contributed by atoms with Crippen molar-refractivity contribution in [3.05, 3.63) is 47.5 Å². The van der Waals surface area contributed by atoms with E-state index in [0.717, 1.165) is 35.0 Å². The van der Waals surface area contributed by atoms with Crippen molar-refractivity contribution in [1.82, 2.24) is 15.0 Å². The van der Waals surface area contributed by atoms with Crippen molar-refractivity contribution in [2.45, 2.75) is 84.5 Å². The van der Waals surface area contributed by atoms with Crippen molar-refractivity contribution < 1.29 is 14.6 Å². The first-order valence-corrected chi connectivity index (χ1v) is 12.1. The number of rotatable bonds is 11. The second-order valence-electron chi connectivity index (χ2n) is 9.73. The molecule has 0 aliphatic heterocycles. The Morgan fingerprint density at radius 2 is 1.64 bits per heavy atom. The number of esters is 1. The molecule has 0 fully saturated rings. The Kier molecular flexibility index (Phi) is 8.48. The van der Waals surface area contributed by atoms with Crippen LogP contribution in [0.2, 0.25) is 0 Å². The minimum absolute atomic E-state index is 0.164. The van der Waals surface area contributed by atoms with Crippen molar-refractivity contribution in [3.8, 4) is 11.4 Å². The van der Waals surface area contributed by atoms with Gasteiger partial charge in [0.05, 0.1) is 6.61 Å². The number of nitrogens with zero attached hydrogens (tertiary/aromatic N) is 3. The van der Waals surface area contributed by atoms with E-state index >= 15 is 0 Å². The quantitative estimate of drug-likeness (QED) is 0.275. The summed E-state index contributed by atoms with van der Waals surface area (Å²) in [6.45, 7) is 8.85. The number of hydrogen-bond donors (Lipinski definition) is 1. The SMILES string of the molecule is CCCCCCCCOC(=O)CCc1cc(-n2nc3ccccc3n2)c(O)c(C(C)(C)C)c1. The van der Waals surface area contributed by atoms with E-state index in [2.05, 4.69) is 37.9 Å². The molecular formula is C27H37N3O3. The van der Waals surface area contributed by atoms with Crippen molar-refractivity contribution in [3.63, 3.8) is 0 Å². The molecule has 1 heterocycles. The second kappa shape index (κ2) is 11.3. The Hall–Kier alpha value is -2.89. The zero-order valence-electron chi connectivity index (χ0n) is 20.4. The number of hydrogen-bond acceptors (Lipinski definition) is 5. The number of fused-ring (bicyclic) bond motifs is 1. The minimum atomic E-state index is -0.278. The monoisotopic (exact) mass is 451 g/mol. The Bertz CT molecular complexity index is 1030. The maximum atomic E-state index is 12.3. The Labute approximate surface area is 197 Å². The highest BCUT2D eigenvalue weighted by Gasteiger charge is 2.23. The first-order valence-electron chi connectivity index (χ1n) is 12.1. The molecule has 1 N–H and O–H groups in total. The molecule has 2 aromatic carbocycles. The zero-order valence-corrected chi connectivity index (χ0v) is 20.4. The summed E-state index contributed by atoms with van der Waals surface area (Å²) in [4.78, 5) is 13.8. The number of benzene rings is 2. The van der Waals surface area contributed by atoms with E-state index in [1.165, 1.54) is 30.5 Å². The number of unbranched alkanes of at least 4 members (excludes halogenated alkanes) is 5. The fraction of sp³-hybridized carbons (Fsp3) is 0.519. The van der Waals surface area contributed by atoms with Crippen LogP contribution in [0, 0.1) is 0 Å². The van der Waals surface area contributed by atoms with Gasteiger partial charge in [0.2, 0.25) is 0 Å². The van der Waals surface area contributed by atoms with Crippen molar-refractivity contribution in [1.29, 1.82) is 0 Å². The lowest BCUT2D eigenvalue weighted by atomic mass is 9.84. The molecule has 0 radical (unpaired) electrons. The van der Waals surface area contributed by atoms with Crippen molar-refractivity contribution >= 4 is 17.0 Å². The van der Waals surface area contributed by atoms with E-state index in [0.29, 0.717) is 25.1 Å². The molecule has 178 valence electrons. The normalized spacial score (nSPS) is 11.8. The third-order valence-corrected chi connectivity index (χ3v) is 5.84. The molecule has 0 amide bonds. The predicted molar refractivity (Wildman–Crippen MR) is 132 cm³/mol. The molecule has 0 atom stereocenters. The summed E-state index contributed by atoms with van der Waals surface area (Å²) in [7, 11) is 0. The Balaban J connectivity index is 1.69. The molecule has 0 saturated carbocycles. The molecule has 1 aromatic heterocycles. The van der Waals surface area contributed by atoms with Gasteiger partial charge in [-0.05, 0) is 42.0 Å². The maximum Gasteiger partial charge on any atom is 0.306 e.